The van der Waals surface area contributed by atoms with Gasteiger partial charge in [-0.05, 0) is 27.1 Å². The maximum Gasteiger partial charge on any atom is 0.421 e. The fourth-order valence-corrected chi connectivity index (χ4v) is 2.77. The molecule has 0 aromatic carbocycles. The second kappa shape index (κ2) is 6.95. The molecular formula is C17H22F3N7O. The smallest absolute Gasteiger partial charge is 0.370 e. The molecule has 0 saturated carbocycles. The quantitative estimate of drug-likeness (QED) is 0.798. The standard InChI is InChI=1S/C17H22F3N7O/c1-5-21-13-11(17(18,19)20)8-22-15(24-13)23-12-9-27(25-10(12)2)16(3)6-7-26(4)14(16)28/h8-9H,5-7H2,1-4H3,(H2,21,22,23,24)/t16-/m0/s1/i3D3,4D3. The number of aryl methyl sites for hydroxylation is 1. The predicted octanol–water partition coefficient (Wildman–Crippen LogP) is 2.75. The molecule has 1 aliphatic rings. The molecule has 28 heavy (non-hydrogen) atoms. The van der Waals surface area contributed by atoms with Gasteiger partial charge in [-0.3, -0.25) is 9.48 Å². The minimum atomic E-state index is -4.68. The number of alkyl halides is 3. The lowest BCUT2D eigenvalue weighted by atomic mass is 10.0. The minimum Gasteiger partial charge on any atom is -0.370 e. The van der Waals surface area contributed by atoms with Gasteiger partial charge in [0, 0.05) is 34.5 Å². The van der Waals surface area contributed by atoms with Gasteiger partial charge in [-0.2, -0.15) is 23.3 Å². The Balaban J connectivity index is 2.01. The Hall–Kier alpha value is -2.85. The van der Waals surface area contributed by atoms with E-state index < -0.39 is 42.8 Å². The lowest BCUT2D eigenvalue weighted by Gasteiger charge is -2.22. The first-order chi connectivity index (χ1) is 15.5. The highest BCUT2D eigenvalue weighted by Gasteiger charge is 2.44. The van der Waals surface area contributed by atoms with E-state index in [-0.39, 0.29) is 36.8 Å². The van der Waals surface area contributed by atoms with Crippen LogP contribution in [0.1, 0.15) is 39.7 Å². The summed E-state index contributed by atoms with van der Waals surface area (Å²) in [6.07, 6.45) is -3.23. The summed E-state index contributed by atoms with van der Waals surface area (Å²) in [6, 6.07) is 0. The number of halogens is 3. The number of amides is 1. The summed E-state index contributed by atoms with van der Waals surface area (Å²) in [7, 11) is 0. The van der Waals surface area contributed by atoms with Crippen LogP contribution in [0.5, 0.6) is 0 Å². The van der Waals surface area contributed by atoms with Gasteiger partial charge in [-0.15, -0.1) is 0 Å². The Morgan fingerprint density at radius 1 is 1.43 bits per heavy atom. The van der Waals surface area contributed by atoms with Crippen LogP contribution in [0, 0.1) is 6.92 Å². The monoisotopic (exact) mass is 403 g/mol. The lowest BCUT2D eigenvalue weighted by Crippen LogP contribution is -2.39. The molecule has 0 radical (unpaired) electrons. The van der Waals surface area contributed by atoms with Gasteiger partial charge in [0.05, 0.1) is 17.6 Å². The summed E-state index contributed by atoms with van der Waals surface area (Å²) >= 11 is 0. The SMILES string of the molecule is [2H]C([2H])([2H])N1CC[C@@](n2cc(Nc3ncc(C(F)(F)F)c(NCC)n3)c(C)n2)(C([2H])([2H])[2H])C1=O. The van der Waals surface area contributed by atoms with Gasteiger partial charge < -0.3 is 15.5 Å². The van der Waals surface area contributed by atoms with E-state index in [0.29, 0.717) is 11.1 Å². The Morgan fingerprint density at radius 3 is 2.82 bits per heavy atom. The molecule has 3 heterocycles. The molecule has 1 fully saturated rings. The molecule has 0 spiro atoms. The van der Waals surface area contributed by atoms with Crippen LogP contribution in [0.3, 0.4) is 0 Å². The maximum atomic E-state index is 13.2. The topological polar surface area (TPSA) is 88.0 Å². The molecule has 1 atom stereocenters. The number of anilines is 3. The van der Waals surface area contributed by atoms with E-state index in [2.05, 4.69) is 25.7 Å². The van der Waals surface area contributed by atoms with E-state index in [9.17, 15) is 18.0 Å². The predicted molar refractivity (Wildman–Crippen MR) is 97.3 cm³/mol. The van der Waals surface area contributed by atoms with Crippen LogP contribution < -0.4 is 10.6 Å². The molecule has 0 bridgehead atoms. The zero-order valence-electron chi connectivity index (χ0n) is 21.1. The third-order valence-electron chi connectivity index (χ3n) is 4.27. The van der Waals surface area contributed by atoms with E-state index in [1.807, 2.05) is 0 Å². The van der Waals surface area contributed by atoms with Gasteiger partial charge in [0.15, 0.2) is 0 Å². The van der Waals surface area contributed by atoms with Crippen molar-refractivity contribution in [1.29, 1.82) is 0 Å². The van der Waals surface area contributed by atoms with Gasteiger partial charge in [0.2, 0.25) is 11.9 Å². The number of nitrogens with zero attached hydrogens (tertiary/aromatic N) is 5. The average molecular weight is 403 g/mol. The van der Waals surface area contributed by atoms with Gasteiger partial charge >= 0.3 is 6.18 Å². The largest absolute Gasteiger partial charge is 0.421 e. The van der Waals surface area contributed by atoms with Crippen LogP contribution in [-0.2, 0) is 16.5 Å². The summed E-state index contributed by atoms with van der Waals surface area (Å²) in [5, 5.41) is 9.32. The lowest BCUT2D eigenvalue weighted by molar-refractivity contribution is -0.137. The highest BCUT2D eigenvalue weighted by atomic mass is 19.4. The fourth-order valence-electron chi connectivity index (χ4n) is 2.77. The van der Waals surface area contributed by atoms with Crippen molar-refractivity contribution >= 4 is 23.4 Å². The van der Waals surface area contributed by atoms with Crippen molar-refractivity contribution in [2.45, 2.75) is 38.8 Å². The normalized spacial score (nSPS) is 24.0. The Bertz CT molecular complexity index is 1090. The summed E-state index contributed by atoms with van der Waals surface area (Å²) in [4.78, 5) is 21.1. The fraction of sp³-hybridized carbons (Fsp3) is 0.529. The van der Waals surface area contributed by atoms with E-state index in [1.54, 1.807) is 6.92 Å². The molecule has 3 rings (SSSR count). The molecule has 2 N–H and O–H groups in total. The van der Waals surface area contributed by atoms with E-state index in [1.165, 1.54) is 13.1 Å². The van der Waals surface area contributed by atoms with Crippen LogP contribution in [-0.4, -0.2) is 50.6 Å². The maximum absolute atomic E-state index is 13.2. The zero-order chi connectivity index (χ0) is 25.7. The summed E-state index contributed by atoms with van der Waals surface area (Å²) in [5.74, 6) is -1.80. The summed E-state index contributed by atoms with van der Waals surface area (Å²) in [6.45, 7) is -2.85. The molecule has 0 unspecified atom stereocenters. The van der Waals surface area contributed by atoms with Crippen molar-refractivity contribution < 1.29 is 26.2 Å². The molecule has 2 aromatic rings. The van der Waals surface area contributed by atoms with Crippen molar-refractivity contribution in [1.82, 2.24) is 24.6 Å². The second-order valence-corrected chi connectivity index (χ2v) is 6.25. The average Bonchev–Trinajstić information content (AvgIpc) is 3.21. The highest BCUT2D eigenvalue weighted by Crippen LogP contribution is 2.35. The zero-order valence-corrected chi connectivity index (χ0v) is 15.1. The van der Waals surface area contributed by atoms with Crippen molar-refractivity contribution in [3.8, 4) is 0 Å². The first-order valence-corrected chi connectivity index (χ1v) is 8.36. The molecule has 1 aliphatic heterocycles. The Labute approximate surface area is 168 Å². The molecule has 8 nitrogen and oxygen atoms in total. The van der Waals surface area contributed by atoms with Gasteiger partial charge in [0.25, 0.3) is 0 Å². The van der Waals surface area contributed by atoms with Crippen LogP contribution in [0.15, 0.2) is 12.4 Å². The minimum absolute atomic E-state index is 0.131. The molecule has 2 aromatic heterocycles. The van der Waals surface area contributed by atoms with Crippen molar-refractivity contribution in [3.63, 3.8) is 0 Å². The first kappa shape index (κ1) is 13.3. The molecule has 152 valence electrons. The second-order valence-electron chi connectivity index (χ2n) is 6.25. The Kier molecular flexibility index (Phi) is 3.31. The number of hydrogen-bond donors (Lipinski definition) is 2. The van der Waals surface area contributed by atoms with E-state index >= 15 is 0 Å². The third-order valence-corrected chi connectivity index (χ3v) is 4.27. The number of carbonyl (C=O) groups is 1. The number of likely N-dealkylation sites (tertiary alicyclic amines) is 1. The van der Waals surface area contributed by atoms with Crippen molar-refractivity contribution in [2.75, 3.05) is 30.7 Å². The number of nitrogens with one attached hydrogen (secondary N) is 2. The third kappa shape index (κ3) is 3.48. The molecule has 1 amide bonds. The van der Waals surface area contributed by atoms with E-state index in [4.69, 9.17) is 8.22 Å². The summed E-state index contributed by atoms with van der Waals surface area (Å²) in [5.41, 5.74) is -3.00. The molecule has 0 aliphatic carbocycles. The number of rotatable bonds is 5. The molecular weight excluding hydrogens is 375 g/mol. The van der Waals surface area contributed by atoms with Gasteiger partial charge in [-0.25, -0.2) is 4.98 Å². The van der Waals surface area contributed by atoms with Crippen molar-refractivity contribution in [2.24, 2.45) is 0 Å². The molecule has 1 saturated heterocycles. The van der Waals surface area contributed by atoms with Crippen molar-refractivity contribution in [3.05, 3.63) is 23.7 Å². The highest BCUT2D eigenvalue weighted by molar-refractivity contribution is 5.86. The number of likely N-dealkylation sites (N-methyl/N-ethyl adjacent to an activating group) is 1. The van der Waals surface area contributed by atoms with Crippen LogP contribution >= 0.6 is 0 Å². The van der Waals surface area contributed by atoms with Gasteiger partial charge in [0.1, 0.15) is 16.9 Å². The first-order valence-electron chi connectivity index (χ1n) is 11.4. The van der Waals surface area contributed by atoms with Crippen LogP contribution in [0.2, 0.25) is 0 Å². The molecule has 11 heteroatoms. The number of carbonyl (C=O) groups excluding carboxylic acids is 1. The van der Waals surface area contributed by atoms with E-state index in [0.717, 1.165) is 4.68 Å². The summed E-state index contributed by atoms with van der Waals surface area (Å²) < 4.78 is 87.0. The number of aromatic nitrogens is 4. The van der Waals surface area contributed by atoms with Crippen LogP contribution in [0.25, 0.3) is 0 Å². The number of hydrogen-bond acceptors (Lipinski definition) is 6. The van der Waals surface area contributed by atoms with Crippen LogP contribution in [0.4, 0.5) is 30.6 Å². The van der Waals surface area contributed by atoms with Gasteiger partial charge in [-0.1, -0.05) is 0 Å². The Morgan fingerprint density at radius 2 is 2.21 bits per heavy atom.